The molecule has 2 aliphatic heterocycles. The lowest BCUT2D eigenvalue weighted by molar-refractivity contribution is 0.0523. The maximum absolute atomic E-state index is 13.4. The molecule has 0 N–H and O–H groups in total. The molecule has 1 unspecified atom stereocenters. The zero-order valence-corrected chi connectivity index (χ0v) is 20.8. The summed E-state index contributed by atoms with van der Waals surface area (Å²) < 4.78 is 2.17. The molecule has 2 aliphatic carbocycles. The van der Waals surface area contributed by atoms with Crippen molar-refractivity contribution >= 4 is 17.7 Å². The van der Waals surface area contributed by atoms with E-state index in [1.165, 1.54) is 76.0 Å². The lowest BCUT2D eigenvalue weighted by Gasteiger charge is -2.44. The number of carbonyl (C=O) groups excluding carboxylic acids is 1. The first-order chi connectivity index (χ1) is 15.7. The smallest absolute Gasteiger partial charge is 0.274 e. The van der Waals surface area contributed by atoms with E-state index in [0.717, 1.165) is 62.1 Å². The summed E-state index contributed by atoms with van der Waals surface area (Å²) in [4.78, 5) is 21.0. The van der Waals surface area contributed by atoms with Crippen LogP contribution < -0.4 is 0 Å². The van der Waals surface area contributed by atoms with Crippen molar-refractivity contribution < 1.29 is 4.79 Å². The van der Waals surface area contributed by atoms with Crippen LogP contribution in [0.3, 0.4) is 0 Å². The molecule has 3 heterocycles. The fraction of sp³-hybridized carbons (Fsp3) is 0.840. The number of carbonyl (C=O) groups is 1. The molecule has 178 valence electrons. The van der Waals surface area contributed by atoms with Crippen molar-refractivity contribution in [2.45, 2.75) is 83.3 Å². The second-order valence-electron chi connectivity index (χ2n) is 10.2. The molecule has 2 saturated heterocycles. The van der Waals surface area contributed by atoms with Gasteiger partial charge in [0.1, 0.15) is 0 Å². The Hall–Kier alpha value is -1.05. The Morgan fingerprint density at radius 3 is 2.31 bits per heavy atom. The fourth-order valence-corrected chi connectivity index (χ4v) is 7.28. The quantitative estimate of drug-likeness (QED) is 0.676. The average Bonchev–Trinajstić information content (AvgIpc) is 3.22. The van der Waals surface area contributed by atoms with Crippen molar-refractivity contribution in [2.75, 3.05) is 50.8 Å². The topological polar surface area (TPSA) is 44.6 Å². The summed E-state index contributed by atoms with van der Waals surface area (Å²) in [5, 5.41) is 4.90. The van der Waals surface area contributed by atoms with Crippen molar-refractivity contribution in [3.05, 3.63) is 17.0 Å². The maximum atomic E-state index is 13.4. The van der Waals surface area contributed by atoms with Crippen LogP contribution in [0.1, 0.15) is 73.6 Å². The number of nitrogens with zero attached hydrogens (tertiary/aromatic N) is 5. The molecule has 5 rings (SSSR count). The number of amides is 1. The number of fused-ring (bicyclic) bond motifs is 1. The third-order valence-corrected chi connectivity index (χ3v) is 9.16. The predicted octanol–water partition coefficient (Wildman–Crippen LogP) is 3.29. The van der Waals surface area contributed by atoms with E-state index in [1.54, 1.807) is 0 Å². The molecule has 0 bridgehead atoms. The van der Waals surface area contributed by atoms with Crippen LogP contribution >= 0.6 is 11.8 Å². The highest BCUT2D eigenvalue weighted by Gasteiger charge is 2.35. The van der Waals surface area contributed by atoms with Gasteiger partial charge in [0.25, 0.3) is 5.91 Å². The molecule has 1 aromatic rings. The van der Waals surface area contributed by atoms with Crippen LogP contribution in [-0.2, 0) is 19.4 Å². The number of aryl methyl sites for hydroxylation is 1. The van der Waals surface area contributed by atoms with E-state index in [1.807, 2.05) is 16.7 Å². The number of rotatable bonds is 5. The monoisotopic (exact) mass is 459 g/mol. The molecule has 1 atom stereocenters. The minimum absolute atomic E-state index is 0.180. The first kappa shape index (κ1) is 22.7. The fourth-order valence-electron chi connectivity index (χ4n) is 6.38. The van der Waals surface area contributed by atoms with Crippen LogP contribution in [0.4, 0.5) is 0 Å². The summed E-state index contributed by atoms with van der Waals surface area (Å²) in [5.74, 6) is 2.29. The normalized spacial score (nSPS) is 26.3. The van der Waals surface area contributed by atoms with Crippen LogP contribution in [0, 0.1) is 0 Å². The molecule has 0 spiro atoms. The zero-order valence-electron chi connectivity index (χ0n) is 19.9. The Labute approximate surface area is 198 Å². The second kappa shape index (κ2) is 10.5. The lowest BCUT2D eigenvalue weighted by atomic mass is 9.89. The van der Waals surface area contributed by atoms with Gasteiger partial charge in [0.15, 0.2) is 5.69 Å². The zero-order chi connectivity index (χ0) is 21.9. The summed E-state index contributed by atoms with van der Waals surface area (Å²) >= 11 is 1.95. The molecular weight excluding hydrogens is 418 g/mol. The van der Waals surface area contributed by atoms with Crippen LogP contribution in [0.2, 0.25) is 0 Å². The molecule has 0 aromatic carbocycles. The van der Waals surface area contributed by atoms with Crippen LogP contribution in [0.15, 0.2) is 0 Å². The first-order valence-electron chi connectivity index (χ1n) is 13.2. The van der Waals surface area contributed by atoms with Crippen LogP contribution in [0.25, 0.3) is 0 Å². The summed E-state index contributed by atoms with van der Waals surface area (Å²) in [6.45, 7) is 9.68. The second-order valence-corrected chi connectivity index (χ2v) is 11.4. The Kier molecular flexibility index (Phi) is 7.44. The van der Waals surface area contributed by atoms with Gasteiger partial charge in [-0.3, -0.25) is 19.3 Å². The summed E-state index contributed by atoms with van der Waals surface area (Å²) in [6, 6.07) is 1.40. The third kappa shape index (κ3) is 4.76. The van der Waals surface area contributed by atoms with Gasteiger partial charge in [-0.15, -0.1) is 0 Å². The molecule has 4 aliphatic rings. The molecule has 32 heavy (non-hydrogen) atoms. The molecule has 1 aromatic heterocycles. The summed E-state index contributed by atoms with van der Waals surface area (Å²) in [7, 11) is 0. The predicted molar refractivity (Wildman–Crippen MR) is 132 cm³/mol. The SMILES string of the molecule is CCCn1nc(C(=O)N2CCSCC2)c2c1CCC(N1CCN(C3CCCCC3)CC1)C2. The highest BCUT2D eigenvalue weighted by atomic mass is 32.2. The van der Waals surface area contributed by atoms with Crippen molar-refractivity contribution in [2.24, 2.45) is 0 Å². The Morgan fingerprint density at radius 2 is 1.62 bits per heavy atom. The van der Waals surface area contributed by atoms with E-state index in [0.29, 0.717) is 6.04 Å². The molecule has 0 radical (unpaired) electrons. The molecular formula is C25H41N5OS. The Bertz CT molecular complexity index is 776. The third-order valence-electron chi connectivity index (χ3n) is 8.21. The van der Waals surface area contributed by atoms with Gasteiger partial charge < -0.3 is 4.90 Å². The van der Waals surface area contributed by atoms with E-state index in [2.05, 4.69) is 21.4 Å². The number of thioether (sulfide) groups is 1. The van der Waals surface area contributed by atoms with E-state index in [-0.39, 0.29) is 5.91 Å². The molecule has 7 heteroatoms. The molecule has 1 amide bonds. The van der Waals surface area contributed by atoms with Gasteiger partial charge in [0.2, 0.25) is 0 Å². The van der Waals surface area contributed by atoms with E-state index in [9.17, 15) is 4.79 Å². The molecule has 1 saturated carbocycles. The average molecular weight is 460 g/mol. The first-order valence-corrected chi connectivity index (χ1v) is 14.3. The minimum Gasteiger partial charge on any atom is -0.336 e. The molecule has 6 nitrogen and oxygen atoms in total. The van der Waals surface area contributed by atoms with Gasteiger partial charge in [0.05, 0.1) is 0 Å². The Morgan fingerprint density at radius 1 is 0.938 bits per heavy atom. The minimum atomic E-state index is 0.180. The van der Waals surface area contributed by atoms with Gasteiger partial charge in [-0.05, 0) is 38.5 Å². The van der Waals surface area contributed by atoms with E-state index < -0.39 is 0 Å². The standard InChI is InChI=1S/C25H41N5OS/c1-2-10-30-23-9-8-21(28-13-11-27(12-14-28)20-6-4-3-5-7-20)19-22(23)24(26-30)25(31)29-15-17-32-18-16-29/h20-21H,2-19H2,1H3. The lowest BCUT2D eigenvalue weighted by Crippen LogP contribution is -2.54. The number of hydrogen-bond donors (Lipinski definition) is 0. The number of piperazine rings is 1. The highest BCUT2D eigenvalue weighted by molar-refractivity contribution is 7.99. The van der Waals surface area contributed by atoms with Gasteiger partial charge in [-0.2, -0.15) is 16.9 Å². The van der Waals surface area contributed by atoms with Gasteiger partial charge >= 0.3 is 0 Å². The Balaban J connectivity index is 1.27. The van der Waals surface area contributed by atoms with Crippen molar-refractivity contribution in [1.29, 1.82) is 0 Å². The maximum Gasteiger partial charge on any atom is 0.274 e. The van der Waals surface area contributed by atoms with Crippen LogP contribution in [0.5, 0.6) is 0 Å². The van der Waals surface area contributed by atoms with Crippen LogP contribution in [-0.4, -0.2) is 93.2 Å². The number of aromatic nitrogens is 2. The largest absolute Gasteiger partial charge is 0.336 e. The summed E-state index contributed by atoms with van der Waals surface area (Å²) in [6.07, 6.45) is 11.4. The van der Waals surface area contributed by atoms with Crippen molar-refractivity contribution in [1.82, 2.24) is 24.5 Å². The summed E-state index contributed by atoms with van der Waals surface area (Å²) in [5.41, 5.74) is 3.39. The van der Waals surface area contributed by atoms with Gasteiger partial charge in [0, 0.05) is 80.7 Å². The van der Waals surface area contributed by atoms with Gasteiger partial charge in [-0.1, -0.05) is 26.2 Å². The highest BCUT2D eigenvalue weighted by Crippen LogP contribution is 2.30. The van der Waals surface area contributed by atoms with E-state index >= 15 is 0 Å². The van der Waals surface area contributed by atoms with E-state index in [4.69, 9.17) is 5.10 Å². The van der Waals surface area contributed by atoms with Crippen molar-refractivity contribution in [3.8, 4) is 0 Å². The van der Waals surface area contributed by atoms with Crippen molar-refractivity contribution in [3.63, 3.8) is 0 Å². The van der Waals surface area contributed by atoms with Gasteiger partial charge in [-0.25, -0.2) is 0 Å². The molecule has 3 fully saturated rings. The number of hydrogen-bond acceptors (Lipinski definition) is 5.